The van der Waals surface area contributed by atoms with Gasteiger partial charge in [0.1, 0.15) is 5.39 Å². The summed E-state index contributed by atoms with van der Waals surface area (Å²) < 4.78 is 6.10. The summed E-state index contributed by atoms with van der Waals surface area (Å²) in [7, 11) is 0. The molecule has 0 atom stereocenters. The molecule has 0 unspecified atom stereocenters. The van der Waals surface area contributed by atoms with Crippen molar-refractivity contribution in [3.8, 4) is 0 Å². The Kier molecular flexibility index (Phi) is 2.26. The third-order valence-corrected chi connectivity index (χ3v) is 3.47. The Bertz CT molecular complexity index is 792. The minimum atomic E-state index is -0.573. The fourth-order valence-electron chi connectivity index (χ4n) is 2.31. The Hall–Kier alpha value is -2.11. The fourth-order valence-corrected chi connectivity index (χ4v) is 2.31. The predicted molar refractivity (Wildman–Crippen MR) is 65.0 cm³/mol. The van der Waals surface area contributed by atoms with E-state index in [4.69, 9.17) is 4.42 Å². The fraction of sp³-hybridized carbons (Fsp3) is 0.417. The van der Waals surface area contributed by atoms with Crippen LogP contribution in [0, 0.1) is 6.92 Å². The molecule has 6 heteroatoms. The van der Waals surface area contributed by atoms with Crippen molar-refractivity contribution in [3.05, 3.63) is 42.9 Å². The van der Waals surface area contributed by atoms with Gasteiger partial charge in [0.15, 0.2) is 0 Å². The van der Waals surface area contributed by atoms with E-state index in [1.165, 1.54) is 10.6 Å². The molecule has 1 aliphatic rings. The molecule has 6 nitrogen and oxygen atoms in total. The van der Waals surface area contributed by atoms with Crippen molar-refractivity contribution in [1.82, 2.24) is 9.55 Å². The number of aromatic amines is 1. The molecule has 1 aliphatic carbocycles. The Morgan fingerprint density at radius 3 is 2.67 bits per heavy atom. The number of rotatable bonds is 1. The van der Waals surface area contributed by atoms with Crippen LogP contribution in [-0.2, 0) is 0 Å². The number of hydrogen-bond donors (Lipinski definition) is 1. The lowest BCUT2D eigenvalue weighted by atomic mass is 9.93. The molecule has 0 aromatic carbocycles. The highest BCUT2D eigenvalue weighted by Gasteiger charge is 2.24. The lowest BCUT2D eigenvalue weighted by molar-refractivity contribution is 0.297. The van der Waals surface area contributed by atoms with E-state index in [2.05, 4.69) is 4.98 Å². The summed E-state index contributed by atoms with van der Waals surface area (Å²) in [5, 5.41) is 0.279. The second-order valence-corrected chi connectivity index (χ2v) is 4.64. The molecule has 0 aliphatic heterocycles. The molecule has 0 bridgehead atoms. The number of nitrogens with one attached hydrogen (secondary N) is 1. The first-order chi connectivity index (χ1) is 8.58. The van der Waals surface area contributed by atoms with Gasteiger partial charge in [-0.05, 0) is 31.7 Å². The van der Waals surface area contributed by atoms with Crippen LogP contribution in [0.4, 0.5) is 0 Å². The maximum Gasteiger partial charge on any atom is 0.337 e. The van der Waals surface area contributed by atoms with E-state index in [1.807, 2.05) is 0 Å². The zero-order chi connectivity index (χ0) is 12.9. The van der Waals surface area contributed by atoms with Crippen molar-refractivity contribution in [2.75, 3.05) is 0 Å². The second kappa shape index (κ2) is 3.69. The van der Waals surface area contributed by atoms with E-state index in [1.54, 1.807) is 6.92 Å². The monoisotopic (exact) mass is 248 g/mol. The lowest BCUT2D eigenvalue weighted by Crippen LogP contribution is -2.40. The zero-order valence-electron chi connectivity index (χ0n) is 9.86. The number of aryl methyl sites for hydroxylation is 1. The van der Waals surface area contributed by atoms with Gasteiger partial charge in [0.25, 0.3) is 5.56 Å². The maximum atomic E-state index is 12.3. The number of fused-ring (bicyclic) bond motifs is 1. The van der Waals surface area contributed by atoms with E-state index in [-0.39, 0.29) is 22.7 Å². The van der Waals surface area contributed by atoms with Gasteiger partial charge < -0.3 is 4.42 Å². The number of H-pyrrole nitrogens is 1. The average molecular weight is 248 g/mol. The third-order valence-electron chi connectivity index (χ3n) is 3.47. The highest BCUT2D eigenvalue weighted by molar-refractivity contribution is 5.74. The minimum absolute atomic E-state index is 0.0306. The van der Waals surface area contributed by atoms with Gasteiger partial charge in [-0.3, -0.25) is 14.3 Å². The van der Waals surface area contributed by atoms with Crippen LogP contribution in [-0.4, -0.2) is 9.55 Å². The number of hydrogen-bond acceptors (Lipinski definition) is 4. The minimum Gasteiger partial charge on any atom is -0.405 e. The molecule has 2 aromatic heterocycles. The summed E-state index contributed by atoms with van der Waals surface area (Å²) in [4.78, 5) is 37.8. The first kappa shape index (κ1) is 11.0. The third kappa shape index (κ3) is 1.45. The predicted octanol–water partition coefficient (Wildman–Crippen LogP) is 0.676. The largest absolute Gasteiger partial charge is 0.405 e. The SMILES string of the molecule is Cc1cc(=O)oc2[nH]c(=O)n(C3CCC3)c(=O)c12. The molecule has 1 N–H and O–H groups in total. The van der Waals surface area contributed by atoms with E-state index >= 15 is 0 Å². The van der Waals surface area contributed by atoms with Crippen LogP contribution in [0.25, 0.3) is 11.1 Å². The van der Waals surface area contributed by atoms with E-state index in [0.717, 1.165) is 19.3 Å². The van der Waals surface area contributed by atoms with Gasteiger partial charge in [-0.2, -0.15) is 0 Å². The first-order valence-corrected chi connectivity index (χ1v) is 5.87. The Morgan fingerprint density at radius 1 is 1.33 bits per heavy atom. The molecule has 94 valence electrons. The first-order valence-electron chi connectivity index (χ1n) is 5.87. The van der Waals surface area contributed by atoms with E-state index < -0.39 is 11.3 Å². The molecule has 2 aromatic rings. The maximum absolute atomic E-state index is 12.3. The van der Waals surface area contributed by atoms with Crippen LogP contribution < -0.4 is 16.9 Å². The van der Waals surface area contributed by atoms with Crippen molar-refractivity contribution >= 4 is 11.1 Å². The van der Waals surface area contributed by atoms with Crippen molar-refractivity contribution in [2.24, 2.45) is 0 Å². The molecule has 0 amide bonds. The highest BCUT2D eigenvalue weighted by Crippen LogP contribution is 2.29. The van der Waals surface area contributed by atoms with Crippen LogP contribution in [0.2, 0.25) is 0 Å². The molecule has 2 heterocycles. The number of nitrogens with zero attached hydrogens (tertiary/aromatic N) is 1. The summed E-state index contributed by atoms with van der Waals surface area (Å²) >= 11 is 0. The van der Waals surface area contributed by atoms with Gasteiger partial charge in [-0.25, -0.2) is 9.59 Å². The molecule has 1 fully saturated rings. The van der Waals surface area contributed by atoms with E-state index in [9.17, 15) is 14.4 Å². The molecule has 18 heavy (non-hydrogen) atoms. The average Bonchev–Trinajstić information content (AvgIpc) is 2.19. The van der Waals surface area contributed by atoms with Crippen LogP contribution >= 0.6 is 0 Å². The van der Waals surface area contributed by atoms with Crippen LogP contribution in [0.15, 0.2) is 24.9 Å². The van der Waals surface area contributed by atoms with Gasteiger partial charge in [0.2, 0.25) is 5.71 Å². The summed E-state index contributed by atoms with van der Waals surface area (Å²) in [6.07, 6.45) is 2.70. The van der Waals surface area contributed by atoms with Gasteiger partial charge in [-0.1, -0.05) is 0 Å². The molecular formula is C12H12N2O4. The summed E-state index contributed by atoms with van der Waals surface area (Å²) in [6, 6.07) is 1.23. The molecule has 0 radical (unpaired) electrons. The lowest BCUT2D eigenvalue weighted by Gasteiger charge is -2.26. The second-order valence-electron chi connectivity index (χ2n) is 4.64. The normalized spacial score (nSPS) is 15.8. The Balaban J connectivity index is 2.44. The molecule has 3 rings (SSSR count). The quantitative estimate of drug-likeness (QED) is 0.804. The Labute approximate surface area is 101 Å². The molecule has 1 saturated carbocycles. The zero-order valence-corrected chi connectivity index (χ0v) is 9.86. The van der Waals surface area contributed by atoms with Gasteiger partial charge >= 0.3 is 11.3 Å². The molecule has 0 spiro atoms. The summed E-state index contributed by atoms with van der Waals surface area (Å²) in [6.45, 7) is 1.66. The van der Waals surface area contributed by atoms with Crippen molar-refractivity contribution < 1.29 is 4.42 Å². The standard InChI is InChI=1S/C12H12N2O4/c1-6-5-8(15)18-10-9(6)11(16)14(12(17)13-10)7-3-2-4-7/h5,7H,2-4H2,1H3,(H,13,17). The highest BCUT2D eigenvalue weighted by atomic mass is 16.4. The molecule has 0 saturated heterocycles. The van der Waals surface area contributed by atoms with Crippen molar-refractivity contribution in [3.63, 3.8) is 0 Å². The van der Waals surface area contributed by atoms with Crippen LogP contribution in [0.1, 0.15) is 30.9 Å². The Morgan fingerprint density at radius 2 is 2.06 bits per heavy atom. The van der Waals surface area contributed by atoms with Crippen molar-refractivity contribution in [1.29, 1.82) is 0 Å². The van der Waals surface area contributed by atoms with Gasteiger partial charge in [0.05, 0.1) is 0 Å². The number of aromatic nitrogens is 2. The summed E-state index contributed by atoms with van der Waals surface area (Å²) in [5.41, 5.74) is -0.969. The van der Waals surface area contributed by atoms with Crippen molar-refractivity contribution in [2.45, 2.75) is 32.2 Å². The van der Waals surface area contributed by atoms with Crippen LogP contribution in [0.3, 0.4) is 0 Å². The molecular weight excluding hydrogens is 236 g/mol. The van der Waals surface area contributed by atoms with Gasteiger partial charge in [0, 0.05) is 12.1 Å². The smallest absolute Gasteiger partial charge is 0.337 e. The van der Waals surface area contributed by atoms with E-state index in [0.29, 0.717) is 5.56 Å². The van der Waals surface area contributed by atoms with Crippen LogP contribution in [0.5, 0.6) is 0 Å². The van der Waals surface area contributed by atoms with Gasteiger partial charge in [-0.15, -0.1) is 0 Å². The topological polar surface area (TPSA) is 85.1 Å². The summed E-state index contributed by atoms with van der Waals surface area (Å²) in [5.74, 6) is 0.